The monoisotopic (exact) mass is 455 g/mol. The number of benzene rings is 2. The molecule has 5 nitrogen and oxygen atoms in total. The van der Waals surface area contributed by atoms with Crippen LogP contribution in [0.1, 0.15) is 40.2 Å². The van der Waals surface area contributed by atoms with Crippen molar-refractivity contribution in [2.75, 3.05) is 18.4 Å². The van der Waals surface area contributed by atoms with E-state index in [9.17, 15) is 4.79 Å². The second-order valence-corrected chi connectivity index (χ2v) is 9.52. The van der Waals surface area contributed by atoms with Gasteiger partial charge in [-0.25, -0.2) is 4.98 Å². The Kier molecular flexibility index (Phi) is 7.02. The van der Waals surface area contributed by atoms with Crippen LogP contribution in [0.5, 0.6) is 0 Å². The van der Waals surface area contributed by atoms with Crippen molar-refractivity contribution >= 4 is 34.0 Å². The fourth-order valence-electron chi connectivity index (χ4n) is 3.88. The van der Waals surface area contributed by atoms with Crippen molar-refractivity contribution in [2.24, 2.45) is 0 Å². The molecule has 0 unspecified atom stereocenters. The third-order valence-electron chi connectivity index (χ3n) is 5.21. The van der Waals surface area contributed by atoms with Crippen LogP contribution in [0.15, 0.2) is 54.7 Å². The summed E-state index contributed by atoms with van der Waals surface area (Å²) < 4.78 is 5.80. The number of carbonyl (C=O) groups is 1. The first-order valence-corrected chi connectivity index (χ1v) is 11.6. The minimum atomic E-state index is -0.154. The van der Waals surface area contributed by atoms with Crippen LogP contribution in [-0.2, 0) is 17.7 Å². The van der Waals surface area contributed by atoms with Crippen LogP contribution < -0.4 is 5.32 Å². The van der Waals surface area contributed by atoms with Gasteiger partial charge < -0.3 is 4.74 Å². The fourth-order valence-corrected chi connectivity index (χ4v) is 4.91. The highest BCUT2D eigenvalue weighted by atomic mass is 35.5. The molecule has 1 fully saturated rings. The maximum Gasteiger partial charge on any atom is 0.257 e. The number of carbonyl (C=O) groups excluding carboxylic acids is 1. The zero-order valence-electron chi connectivity index (χ0n) is 17.7. The Hall–Kier alpha value is -2.25. The number of aromatic nitrogens is 1. The van der Waals surface area contributed by atoms with Gasteiger partial charge in [0.2, 0.25) is 0 Å². The van der Waals surface area contributed by atoms with E-state index in [0.717, 1.165) is 35.1 Å². The Balaban J connectivity index is 1.34. The number of hydrogen-bond acceptors (Lipinski definition) is 5. The summed E-state index contributed by atoms with van der Waals surface area (Å²) in [6, 6.07) is 15.5. The van der Waals surface area contributed by atoms with Crippen LogP contribution in [0.4, 0.5) is 5.13 Å². The van der Waals surface area contributed by atoms with E-state index < -0.39 is 0 Å². The van der Waals surface area contributed by atoms with E-state index in [1.165, 1.54) is 16.9 Å². The van der Waals surface area contributed by atoms with Crippen LogP contribution in [0.2, 0.25) is 5.02 Å². The molecular formula is C24H26ClN3O2S. The van der Waals surface area contributed by atoms with Crippen LogP contribution in [0, 0.1) is 0 Å². The standard InChI is InChI=1S/C24H26ClN3O2S/c1-16-13-28(14-17(2)30-16)15-18-7-9-19(10-8-18)23(29)27-24-26-12-21(31-24)11-20-5-3-4-6-22(20)25/h3-10,12,16-17H,11,13-15H2,1-2H3,(H,26,27,29)/t16-,17-/m0/s1. The average Bonchev–Trinajstić information content (AvgIpc) is 3.16. The number of anilines is 1. The Morgan fingerprint density at radius 2 is 1.87 bits per heavy atom. The van der Waals surface area contributed by atoms with E-state index in [1.54, 1.807) is 6.20 Å². The lowest BCUT2D eigenvalue weighted by Crippen LogP contribution is -2.44. The van der Waals surface area contributed by atoms with Crippen molar-refractivity contribution in [2.45, 2.75) is 39.0 Å². The molecule has 1 aliphatic heterocycles. The second kappa shape index (κ2) is 9.92. The minimum Gasteiger partial charge on any atom is -0.373 e. The van der Waals surface area contributed by atoms with E-state index in [-0.39, 0.29) is 18.1 Å². The Morgan fingerprint density at radius 3 is 2.58 bits per heavy atom. The topological polar surface area (TPSA) is 54.5 Å². The smallest absolute Gasteiger partial charge is 0.257 e. The maximum atomic E-state index is 12.6. The molecule has 0 radical (unpaired) electrons. The lowest BCUT2D eigenvalue weighted by Gasteiger charge is -2.35. The van der Waals surface area contributed by atoms with Crippen molar-refractivity contribution in [3.63, 3.8) is 0 Å². The summed E-state index contributed by atoms with van der Waals surface area (Å²) >= 11 is 7.71. The van der Waals surface area contributed by atoms with Gasteiger partial charge in [0.1, 0.15) is 0 Å². The van der Waals surface area contributed by atoms with Crippen molar-refractivity contribution < 1.29 is 9.53 Å². The summed E-state index contributed by atoms with van der Waals surface area (Å²) in [6.07, 6.45) is 2.97. The molecule has 31 heavy (non-hydrogen) atoms. The van der Waals surface area contributed by atoms with Gasteiger partial charge in [-0.15, -0.1) is 11.3 Å². The van der Waals surface area contributed by atoms with Gasteiger partial charge in [0.25, 0.3) is 5.91 Å². The van der Waals surface area contributed by atoms with Crippen molar-refractivity contribution in [3.8, 4) is 0 Å². The Bertz CT molecular complexity index is 1030. The highest BCUT2D eigenvalue weighted by Crippen LogP contribution is 2.25. The first-order chi connectivity index (χ1) is 15.0. The number of thiazole rings is 1. The van der Waals surface area contributed by atoms with Crippen LogP contribution >= 0.6 is 22.9 Å². The number of nitrogens with zero attached hydrogens (tertiary/aromatic N) is 2. The maximum absolute atomic E-state index is 12.6. The van der Waals surface area contributed by atoms with Gasteiger partial charge in [-0.3, -0.25) is 15.0 Å². The number of nitrogens with one attached hydrogen (secondary N) is 1. The highest BCUT2D eigenvalue weighted by molar-refractivity contribution is 7.15. The van der Waals surface area contributed by atoms with Crippen molar-refractivity contribution in [1.82, 2.24) is 9.88 Å². The van der Waals surface area contributed by atoms with Crippen LogP contribution in [0.3, 0.4) is 0 Å². The Labute approximate surface area is 192 Å². The zero-order valence-corrected chi connectivity index (χ0v) is 19.2. The molecule has 4 rings (SSSR count). The first kappa shape index (κ1) is 22.0. The number of halogens is 1. The molecule has 1 aliphatic rings. The van der Waals surface area contributed by atoms with E-state index >= 15 is 0 Å². The molecule has 2 heterocycles. The van der Waals surface area contributed by atoms with E-state index in [2.05, 4.69) is 29.0 Å². The van der Waals surface area contributed by atoms with Gasteiger partial charge >= 0.3 is 0 Å². The Morgan fingerprint density at radius 1 is 1.16 bits per heavy atom. The summed E-state index contributed by atoms with van der Waals surface area (Å²) in [6.45, 7) is 6.92. The summed E-state index contributed by atoms with van der Waals surface area (Å²) in [5.74, 6) is -0.154. The van der Waals surface area contributed by atoms with Gasteiger partial charge in [0, 0.05) is 47.7 Å². The number of rotatable bonds is 6. The van der Waals surface area contributed by atoms with Gasteiger partial charge in [0.15, 0.2) is 5.13 Å². The minimum absolute atomic E-state index is 0.154. The largest absolute Gasteiger partial charge is 0.373 e. The van der Waals surface area contributed by atoms with Crippen LogP contribution in [0.25, 0.3) is 0 Å². The third kappa shape index (κ3) is 5.92. The summed E-state index contributed by atoms with van der Waals surface area (Å²) in [7, 11) is 0. The summed E-state index contributed by atoms with van der Waals surface area (Å²) in [4.78, 5) is 20.4. The molecule has 162 valence electrons. The molecule has 1 aromatic heterocycles. The van der Waals surface area contributed by atoms with Crippen molar-refractivity contribution in [3.05, 3.63) is 81.3 Å². The fraction of sp³-hybridized carbons (Fsp3) is 0.333. The summed E-state index contributed by atoms with van der Waals surface area (Å²) in [5.41, 5.74) is 2.86. The first-order valence-electron chi connectivity index (χ1n) is 10.4. The van der Waals surface area contributed by atoms with E-state index in [1.807, 2.05) is 48.5 Å². The highest BCUT2D eigenvalue weighted by Gasteiger charge is 2.22. The third-order valence-corrected chi connectivity index (χ3v) is 6.50. The van der Waals surface area contributed by atoms with Crippen molar-refractivity contribution in [1.29, 1.82) is 0 Å². The molecule has 0 aliphatic carbocycles. The van der Waals surface area contributed by atoms with Gasteiger partial charge in [-0.1, -0.05) is 41.9 Å². The van der Waals surface area contributed by atoms with Gasteiger partial charge in [-0.05, 0) is 43.2 Å². The molecule has 3 aromatic rings. The second-order valence-electron chi connectivity index (χ2n) is 8.00. The predicted molar refractivity (Wildman–Crippen MR) is 126 cm³/mol. The predicted octanol–water partition coefficient (Wildman–Crippen LogP) is 5.25. The number of hydrogen-bond donors (Lipinski definition) is 1. The van der Waals surface area contributed by atoms with E-state index in [4.69, 9.17) is 16.3 Å². The molecule has 1 amide bonds. The zero-order chi connectivity index (χ0) is 21.8. The molecule has 7 heteroatoms. The molecule has 1 N–H and O–H groups in total. The van der Waals surface area contributed by atoms with E-state index in [0.29, 0.717) is 17.1 Å². The molecule has 0 saturated carbocycles. The lowest BCUT2D eigenvalue weighted by molar-refractivity contribution is -0.0704. The number of amides is 1. The average molecular weight is 456 g/mol. The van der Waals surface area contributed by atoms with Gasteiger partial charge in [-0.2, -0.15) is 0 Å². The SMILES string of the molecule is C[C@H]1CN(Cc2ccc(C(=O)Nc3ncc(Cc4ccccc4Cl)s3)cc2)C[C@H](C)O1. The molecular weight excluding hydrogens is 430 g/mol. The quantitative estimate of drug-likeness (QED) is 0.551. The van der Waals surface area contributed by atoms with Gasteiger partial charge in [0.05, 0.1) is 12.2 Å². The molecule has 2 aromatic carbocycles. The number of morpholine rings is 1. The molecule has 0 bridgehead atoms. The normalized spacial score (nSPS) is 19.3. The number of ether oxygens (including phenoxy) is 1. The summed E-state index contributed by atoms with van der Waals surface area (Å²) in [5, 5.41) is 4.23. The molecule has 0 spiro atoms. The molecule has 1 saturated heterocycles. The van der Waals surface area contributed by atoms with Crippen LogP contribution in [-0.4, -0.2) is 41.1 Å². The lowest BCUT2D eigenvalue weighted by atomic mass is 10.1. The molecule has 2 atom stereocenters.